The van der Waals surface area contributed by atoms with Gasteiger partial charge in [-0.2, -0.15) is 0 Å². The molecule has 4 fully saturated rings. The maximum atomic E-state index is 5.31. The Balaban J connectivity index is 1.28. The number of H-pyrrole nitrogens is 1. The van der Waals surface area contributed by atoms with E-state index in [1.807, 2.05) is 12.4 Å². The summed E-state index contributed by atoms with van der Waals surface area (Å²) in [7, 11) is 0. The monoisotopic (exact) mass is 479 g/mol. The SMILES string of the molecule is c1cc(-c2nc(N3CCNCC3)c3c(C4CCC4)cncc3n2)c2cc(C3CC4CCC3C4)[nH]c2n1. The van der Waals surface area contributed by atoms with Crippen molar-refractivity contribution in [2.24, 2.45) is 11.8 Å². The quantitative estimate of drug-likeness (QED) is 0.421. The molecule has 1 saturated heterocycles. The Morgan fingerprint density at radius 1 is 0.972 bits per heavy atom. The van der Waals surface area contributed by atoms with E-state index in [2.05, 4.69) is 38.5 Å². The predicted octanol–water partition coefficient (Wildman–Crippen LogP) is 5.15. The highest BCUT2D eigenvalue weighted by Gasteiger charge is 2.41. The Morgan fingerprint density at radius 2 is 1.89 bits per heavy atom. The predicted molar refractivity (Wildman–Crippen MR) is 142 cm³/mol. The fraction of sp³-hybridized carbons (Fsp3) is 0.517. The molecule has 4 aromatic heterocycles. The average Bonchev–Trinajstić information content (AvgIpc) is 3.63. The van der Waals surface area contributed by atoms with Crippen LogP contribution in [-0.2, 0) is 0 Å². The number of fused-ring (bicyclic) bond motifs is 4. The van der Waals surface area contributed by atoms with Crippen molar-refractivity contribution in [2.45, 2.75) is 56.8 Å². The molecule has 0 amide bonds. The second-order valence-corrected chi connectivity index (χ2v) is 11.5. The molecule has 3 aliphatic carbocycles. The summed E-state index contributed by atoms with van der Waals surface area (Å²) in [5, 5.41) is 5.85. The van der Waals surface area contributed by atoms with Gasteiger partial charge in [0, 0.05) is 66.5 Å². The topological polar surface area (TPSA) is 82.6 Å². The number of pyridine rings is 2. The summed E-state index contributed by atoms with van der Waals surface area (Å²) in [5.41, 5.74) is 5.68. The van der Waals surface area contributed by atoms with Crippen molar-refractivity contribution < 1.29 is 0 Å². The van der Waals surface area contributed by atoms with E-state index in [9.17, 15) is 0 Å². The van der Waals surface area contributed by atoms with Crippen LogP contribution in [0.2, 0.25) is 0 Å². The van der Waals surface area contributed by atoms with Crippen molar-refractivity contribution in [1.82, 2.24) is 30.2 Å². The van der Waals surface area contributed by atoms with Gasteiger partial charge in [-0.1, -0.05) is 12.8 Å². The average molecular weight is 480 g/mol. The molecule has 3 unspecified atom stereocenters. The summed E-state index contributed by atoms with van der Waals surface area (Å²) in [6, 6.07) is 4.44. The number of rotatable bonds is 4. The molecule has 0 aromatic carbocycles. The number of hydrogen-bond acceptors (Lipinski definition) is 6. The summed E-state index contributed by atoms with van der Waals surface area (Å²) in [4.78, 5) is 25.9. The largest absolute Gasteiger partial charge is 0.353 e. The van der Waals surface area contributed by atoms with Gasteiger partial charge >= 0.3 is 0 Å². The van der Waals surface area contributed by atoms with E-state index in [1.54, 1.807) is 0 Å². The zero-order valence-corrected chi connectivity index (χ0v) is 20.7. The second-order valence-electron chi connectivity index (χ2n) is 11.5. The summed E-state index contributed by atoms with van der Waals surface area (Å²) < 4.78 is 0. The minimum Gasteiger partial charge on any atom is -0.353 e. The summed E-state index contributed by atoms with van der Waals surface area (Å²) in [6.07, 6.45) is 15.2. The van der Waals surface area contributed by atoms with E-state index in [-0.39, 0.29) is 0 Å². The standard InChI is InChI=1S/C29H33N7/c1-2-18(3-1)23-15-31-16-25-26(23)29(36-10-8-30-9-11-36)35-28(34-25)20-6-7-32-27-22(20)14-24(33-27)21-13-17-4-5-19(21)12-17/h6-7,14-19,21,30H,1-5,8-13H2,(H,32,33). The molecule has 184 valence electrons. The maximum Gasteiger partial charge on any atom is 0.163 e. The number of hydrogen-bond donors (Lipinski definition) is 2. The lowest BCUT2D eigenvalue weighted by Crippen LogP contribution is -2.44. The summed E-state index contributed by atoms with van der Waals surface area (Å²) in [5.74, 6) is 4.84. The molecule has 7 nitrogen and oxygen atoms in total. The van der Waals surface area contributed by atoms with Gasteiger partial charge in [-0.05, 0) is 67.6 Å². The molecule has 0 radical (unpaired) electrons. The van der Waals surface area contributed by atoms with E-state index in [0.29, 0.717) is 11.8 Å². The van der Waals surface area contributed by atoms with Crippen LogP contribution in [-0.4, -0.2) is 51.1 Å². The normalized spacial score (nSPS) is 26.2. The molecule has 3 atom stereocenters. The van der Waals surface area contributed by atoms with Crippen molar-refractivity contribution in [1.29, 1.82) is 0 Å². The molecule has 0 spiro atoms. The zero-order valence-electron chi connectivity index (χ0n) is 20.7. The van der Waals surface area contributed by atoms with Crippen LogP contribution in [0.25, 0.3) is 33.3 Å². The number of piperazine rings is 1. The van der Waals surface area contributed by atoms with Gasteiger partial charge in [-0.15, -0.1) is 0 Å². The molecule has 2 N–H and O–H groups in total. The Labute approximate surface area is 211 Å². The first-order valence-electron chi connectivity index (χ1n) is 13.9. The molecule has 1 aliphatic heterocycles. The first-order valence-corrected chi connectivity index (χ1v) is 13.9. The number of aromatic amines is 1. The third-order valence-electron chi connectivity index (χ3n) is 9.51. The molecule has 8 rings (SSSR count). The zero-order chi connectivity index (χ0) is 23.6. The highest BCUT2D eigenvalue weighted by molar-refractivity contribution is 5.97. The number of anilines is 1. The molecular formula is C29H33N7. The van der Waals surface area contributed by atoms with Crippen LogP contribution >= 0.6 is 0 Å². The van der Waals surface area contributed by atoms with Gasteiger partial charge in [0.25, 0.3) is 0 Å². The van der Waals surface area contributed by atoms with E-state index in [1.165, 1.54) is 61.6 Å². The van der Waals surface area contributed by atoms with Gasteiger partial charge < -0.3 is 15.2 Å². The Morgan fingerprint density at radius 3 is 2.67 bits per heavy atom. The first-order chi connectivity index (χ1) is 17.8. The molecule has 5 heterocycles. The van der Waals surface area contributed by atoms with Gasteiger partial charge in [0.05, 0.1) is 11.7 Å². The van der Waals surface area contributed by atoms with Crippen molar-refractivity contribution >= 4 is 27.8 Å². The number of aromatic nitrogens is 5. The molecule has 36 heavy (non-hydrogen) atoms. The van der Waals surface area contributed by atoms with Crippen LogP contribution in [0.4, 0.5) is 5.82 Å². The Hall–Kier alpha value is -3.06. The van der Waals surface area contributed by atoms with Crippen molar-refractivity contribution in [3.05, 3.63) is 42.0 Å². The fourth-order valence-corrected chi connectivity index (χ4v) is 7.41. The van der Waals surface area contributed by atoms with E-state index < -0.39 is 0 Å². The molecule has 3 saturated carbocycles. The van der Waals surface area contributed by atoms with E-state index >= 15 is 0 Å². The van der Waals surface area contributed by atoms with Crippen molar-refractivity contribution in [3.8, 4) is 11.4 Å². The maximum absolute atomic E-state index is 5.31. The highest BCUT2D eigenvalue weighted by atomic mass is 15.2. The first kappa shape index (κ1) is 21.1. The van der Waals surface area contributed by atoms with Gasteiger partial charge in [-0.3, -0.25) is 4.98 Å². The van der Waals surface area contributed by atoms with Gasteiger partial charge in [-0.25, -0.2) is 15.0 Å². The summed E-state index contributed by atoms with van der Waals surface area (Å²) in [6.45, 7) is 3.88. The van der Waals surface area contributed by atoms with Crippen LogP contribution in [0, 0.1) is 11.8 Å². The van der Waals surface area contributed by atoms with Crippen molar-refractivity contribution in [3.63, 3.8) is 0 Å². The van der Waals surface area contributed by atoms with Crippen LogP contribution in [0.1, 0.15) is 68.0 Å². The van der Waals surface area contributed by atoms with Crippen LogP contribution in [0.5, 0.6) is 0 Å². The Kier molecular flexibility index (Phi) is 4.82. The number of nitrogens with zero attached hydrogens (tertiary/aromatic N) is 5. The molecule has 7 heteroatoms. The van der Waals surface area contributed by atoms with Crippen molar-refractivity contribution in [2.75, 3.05) is 31.1 Å². The molecule has 4 aliphatic rings. The lowest BCUT2D eigenvalue weighted by molar-refractivity contribution is 0.414. The summed E-state index contributed by atoms with van der Waals surface area (Å²) >= 11 is 0. The van der Waals surface area contributed by atoms with Gasteiger partial charge in [0.15, 0.2) is 5.82 Å². The van der Waals surface area contributed by atoms with Gasteiger partial charge in [0.2, 0.25) is 0 Å². The van der Waals surface area contributed by atoms with Gasteiger partial charge in [0.1, 0.15) is 11.5 Å². The fourth-order valence-electron chi connectivity index (χ4n) is 7.41. The third kappa shape index (κ3) is 3.28. The lowest BCUT2D eigenvalue weighted by Gasteiger charge is -2.32. The Bertz CT molecular complexity index is 1450. The third-order valence-corrected chi connectivity index (χ3v) is 9.51. The van der Waals surface area contributed by atoms with Crippen LogP contribution in [0.3, 0.4) is 0 Å². The van der Waals surface area contributed by atoms with E-state index in [0.717, 1.165) is 71.8 Å². The smallest absolute Gasteiger partial charge is 0.163 e. The van der Waals surface area contributed by atoms with E-state index in [4.69, 9.17) is 15.0 Å². The minimum absolute atomic E-state index is 0.582. The number of nitrogens with one attached hydrogen (secondary N) is 2. The van der Waals surface area contributed by atoms with Crippen LogP contribution in [0.15, 0.2) is 30.7 Å². The molecule has 4 aromatic rings. The minimum atomic E-state index is 0.582. The molecular weight excluding hydrogens is 446 g/mol. The molecule has 2 bridgehead atoms. The highest BCUT2D eigenvalue weighted by Crippen LogP contribution is 2.53. The van der Waals surface area contributed by atoms with Crippen LogP contribution < -0.4 is 10.2 Å². The lowest BCUT2D eigenvalue weighted by atomic mass is 9.79. The second kappa shape index (κ2) is 8.23.